The van der Waals surface area contributed by atoms with Gasteiger partial charge in [0, 0.05) is 11.5 Å². The maximum absolute atomic E-state index is 13.2. The van der Waals surface area contributed by atoms with Crippen LogP contribution in [-0.4, -0.2) is 4.98 Å². The summed E-state index contributed by atoms with van der Waals surface area (Å²) in [5.41, 5.74) is 5.46. The molecule has 0 spiro atoms. The monoisotopic (exact) mass is 258 g/mol. The quantitative estimate of drug-likeness (QED) is 0.739. The van der Waals surface area contributed by atoms with Crippen LogP contribution in [0.4, 0.5) is 14.6 Å². The molecule has 1 aromatic heterocycles. The molecule has 72 valence electrons. The molecule has 0 amide bonds. The third-order valence-corrected chi connectivity index (χ3v) is 2.65. The van der Waals surface area contributed by atoms with Gasteiger partial charge in [0.1, 0.15) is 17.2 Å². The van der Waals surface area contributed by atoms with Crippen molar-refractivity contribution in [1.82, 2.24) is 4.98 Å². The first kappa shape index (κ1) is 9.33. The van der Waals surface area contributed by atoms with Crippen molar-refractivity contribution in [3.8, 4) is 0 Å². The summed E-state index contributed by atoms with van der Waals surface area (Å²) in [5.74, 6) is -1.16. The first-order valence-corrected chi connectivity index (χ1v) is 4.58. The van der Waals surface area contributed by atoms with Crippen LogP contribution in [0.3, 0.4) is 0 Å². The zero-order chi connectivity index (χ0) is 10.3. The Labute approximate surface area is 86.9 Å². The molecule has 1 aromatic carbocycles. The molecule has 0 aliphatic heterocycles. The molecule has 2 N–H and O–H groups in total. The lowest BCUT2D eigenvalue weighted by Crippen LogP contribution is -1.94. The molecule has 2 rings (SSSR count). The molecule has 0 atom stereocenters. The Balaban J connectivity index is 2.94. The molecule has 2 nitrogen and oxygen atoms in total. The van der Waals surface area contributed by atoms with Crippen LogP contribution < -0.4 is 5.73 Å². The Morgan fingerprint density at radius 3 is 2.64 bits per heavy atom. The number of hydrogen-bond acceptors (Lipinski definition) is 2. The Kier molecular flexibility index (Phi) is 2.11. The van der Waals surface area contributed by atoms with Gasteiger partial charge < -0.3 is 5.73 Å². The van der Waals surface area contributed by atoms with E-state index in [9.17, 15) is 8.78 Å². The highest BCUT2D eigenvalue weighted by molar-refractivity contribution is 9.10. The van der Waals surface area contributed by atoms with Gasteiger partial charge in [-0.3, -0.25) is 0 Å². The Hall–Kier alpha value is -1.23. The minimum Gasteiger partial charge on any atom is -0.384 e. The van der Waals surface area contributed by atoms with E-state index in [1.807, 2.05) is 0 Å². The predicted molar refractivity (Wildman–Crippen MR) is 53.8 cm³/mol. The second-order valence-electron chi connectivity index (χ2n) is 2.79. The Morgan fingerprint density at radius 2 is 1.93 bits per heavy atom. The van der Waals surface area contributed by atoms with Crippen LogP contribution in [0.1, 0.15) is 0 Å². The van der Waals surface area contributed by atoms with Crippen molar-refractivity contribution in [3.05, 3.63) is 34.3 Å². The maximum Gasteiger partial charge on any atom is 0.152 e. The first-order valence-electron chi connectivity index (χ1n) is 3.79. The SMILES string of the molecule is Nc1ccc2c(Br)c(F)cc(F)c2n1. The van der Waals surface area contributed by atoms with Crippen LogP contribution >= 0.6 is 15.9 Å². The first-order chi connectivity index (χ1) is 6.59. The zero-order valence-electron chi connectivity index (χ0n) is 6.89. The lowest BCUT2D eigenvalue weighted by atomic mass is 10.2. The summed E-state index contributed by atoms with van der Waals surface area (Å²) in [5, 5.41) is 0.372. The van der Waals surface area contributed by atoms with Gasteiger partial charge in [-0.15, -0.1) is 0 Å². The molecule has 14 heavy (non-hydrogen) atoms. The lowest BCUT2D eigenvalue weighted by molar-refractivity contribution is 0.586. The fraction of sp³-hybridized carbons (Fsp3) is 0. The third-order valence-electron chi connectivity index (χ3n) is 1.84. The normalized spacial score (nSPS) is 10.8. The van der Waals surface area contributed by atoms with Crippen LogP contribution in [0.15, 0.2) is 22.7 Å². The molecule has 0 unspecified atom stereocenters. The van der Waals surface area contributed by atoms with Crippen molar-refractivity contribution in [2.24, 2.45) is 0 Å². The van der Waals surface area contributed by atoms with E-state index in [-0.39, 0.29) is 15.8 Å². The van der Waals surface area contributed by atoms with Gasteiger partial charge in [0.15, 0.2) is 5.82 Å². The predicted octanol–water partition coefficient (Wildman–Crippen LogP) is 2.86. The van der Waals surface area contributed by atoms with Crippen molar-refractivity contribution in [2.75, 3.05) is 5.73 Å². The van der Waals surface area contributed by atoms with Gasteiger partial charge in [0.25, 0.3) is 0 Å². The Morgan fingerprint density at radius 1 is 1.21 bits per heavy atom. The van der Waals surface area contributed by atoms with E-state index in [1.165, 1.54) is 12.1 Å². The van der Waals surface area contributed by atoms with Crippen molar-refractivity contribution < 1.29 is 8.78 Å². The smallest absolute Gasteiger partial charge is 0.152 e. The van der Waals surface area contributed by atoms with Gasteiger partial charge in [-0.25, -0.2) is 13.8 Å². The fourth-order valence-electron chi connectivity index (χ4n) is 1.21. The van der Waals surface area contributed by atoms with Crippen molar-refractivity contribution in [2.45, 2.75) is 0 Å². The van der Waals surface area contributed by atoms with Gasteiger partial charge in [-0.1, -0.05) is 0 Å². The summed E-state index contributed by atoms with van der Waals surface area (Å²) in [4.78, 5) is 3.78. The number of benzene rings is 1. The number of nitrogen functional groups attached to an aromatic ring is 1. The van der Waals surface area contributed by atoms with E-state index in [0.29, 0.717) is 5.39 Å². The minimum atomic E-state index is -0.715. The van der Waals surface area contributed by atoms with Crippen molar-refractivity contribution in [1.29, 1.82) is 0 Å². The van der Waals surface area contributed by atoms with Crippen molar-refractivity contribution >= 4 is 32.7 Å². The zero-order valence-corrected chi connectivity index (χ0v) is 8.48. The average Bonchev–Trinajstić information content (AvgIpc) is 2.14. The second kappa shape index (κ2) is 3.16. The number of anilines is 1. The number of nitrogens with two attached hydrogens (primary N) is 1. The average molecular weight is 259 g/mol. The number of halogens is 3. The summed E-state index contributed by atoms with van der Waals surface area (Å²) >= 11 is 3.02. The molecule has 2 aromatic rings. The number of rotatable bonds is 0. The van der Waals surface area contributed by atoms with Gasteiger partial charge in [-0.05, 0) is 28.1 Å². The number of hydrogen-bond donors (Lipinski definition) is 1. The summed E-state index contributed by atoms with van der Waals surface area (Å²) in [7, 11) is 0. The maximum atomic E-state index is 13.2. The number of pyridine rings is 1. The van der Waals surface area contributed by atoms with Gasteiger partial charge >= 0.3 is 0 Å². The molecular formula is C9H5BrF2N2. The van der Waals surface area contributed by atoms with Crippen molar-refractivity contribution in [3.63, 3.8) is 0 Å². The van der Waals surface area contributed by atoms with E-state index < -0.39 is 11.6 Å². The molecule has 0 bridgehead atoms. The van der Waals surface area contributed by atoms with Gasteiger partial charge in [0.2, 0.25) is 0 Å². The summed E-state index contributed by atoms with van der Waals surface area (Å²) < 4.78 is 26.5. The van der Waals surface area contributed by atoms with E-state index in [4.69, 9.17) is 5.73 Å². The molecule has 1 heterocycles. The molecular weight excluding hydrogens is 254 g/mol. The lowest BCUT2D eigenvalue weighted by Gasteiger charge is -2.03. The van der Waals surface area contributed by atoms with Crippen LogP contribution in [0, 0.1) is 11.6 Å². The molecule has 0 saturated carbocycles. The van der Waals surface area contributed by atoms with E-state index in [0.717, 1.165) is 6.07 Å². The summed E-state index contributed by atoms with van der Waals surface area (Å²) in [6, 6.07) is 3.79. The minimum absolute atomic E-state index is 0.0678. The Bertz CT molecular complexity index is 514. The molecule has 0 fully saturated rings. The molecule has 0 aliphatic rings. The number of aromatic nitrogens is 1. The molecule has 0 saturated heterocycles. The van der Waals surface area contributed by atoms with Gasteiger partial charge in [0.05, 0.1) is 4.47 Å². The third kappa shape index (κ3) is 1.33. The van der Waals surface area contributed by atoms with E-state index in [2.05, 4.69) is 20.9 Å². The van der Waals surface area contributed by atoms with E-state index in [1.54, 1.807) is 0 Å². The van der Waals surface area contributed by atoms with Crippen LogP contribution in [0.2, 0.25) is 0 Å². The van der Waals surface area contributed by atoms with Crippen LogP contribution in [-0.2, 0) is 0 Å². The van der Waals surface area contributed by atoms with Crippen LogP contribution in [0.25, 0.3) is 10.9 Å². The number of fused-ring (bicyclic) bond motifs is 1. The van der Waals surface area contributed by atoms with Gasteiger partial charge in [-0.2, -0.15) is 0 Å². The largest absolute Gasteiger partial charge is 0.384 e. The molecule has 0 aliphatic carbocycles. The number of nitrogens with zero attached hydrogens (tertiary/aromatic N) is 1. The van der Waals surface area contributed by atoms with E-state index >= 15 is 0 Å². The topological polar surface area (TPSA) is 38.9 Å². The highest BCUT2D eigenvalue weighted by Crippen LogP contribution is 2.28. The summed E-state index contributed by atoms with van der Waals surface area (Å²) in [6.45, 7) is 0. The molecule has 0 radical (unpaired) electrons. The van der Waals surface area contributed by atoms with Crippen LogP contribution in [0.5, 0.6) is 0 Å². The summed E-state index contributed by atoms with van der Waals surface area (Å²) in [6.07, 6.45) is 0. The fourth-order valence-corrected chi connectivity index (χ4v) is 1.64. The highest BCUT2D eigenvalue weighted by atomic mass is 79.9. The highest BCUT2D eigenvalue weighted by Gasteiger charge is 2.11. The second-order valence-corrected chi connectivity index (χ2v) is 3.58. The molecule has 5 heteroatoms. The standard InChI is InChI=1S/C9H5BrF2N2/c10-8-4-1-2-7(13)14-9(4)6(12)3-5(8)11/h1-3H,(H2,13,14).